The second kappa shape index (κ2) is 9.71. The van der Waals surface area contributed by atoms with E-state index in [1.54, 1.807) is 0 Å². The van der Waals surface area contributed by atoms with Gasteiger partial charge in [0.25, 0.3) is 0 Å². The normalized spacial score (nSPS) is 23.2. The monoisotopic (exact) mass is 429 g/mol. The zero-order valence-electron chi connectivity index (χ0n) is 17.0. The Morgan fingerprint density at radius 1 is 1.10 bits per heavy atom. The summed E-state index contributed by atoms with van der Waals surface area (Å²) in [5, 5.41) is 12.2. The van der Waals surface area contributed by atoms with Gasteiger partial charge < -0.3 is 19.9 Å². The van der Waals surface area contributed by atoms with Crippen molar-refractivity contribution >= 4 is 17.5 Å². The minimum Gasteiger partial charge on any atom is -0.489 e. The summed E-state index contributed by atoms with van der Waals surface area (Å²) in [6.07, 6.45) is 5.04. The average Bonchev–Trinajstić information content (AvgIpc) is 2.80. The summed E-state index contributed by atoms with van der Waals surface area (Å²) >= 11 is 6.68. The maximum atomic E-state index is 12.1. The first-order valence-electron chi connectivity index (χ1n) is 10.7. The second-order valence-corrected chi connectivity index (χ2v) is 8.39. The lowest BCUT2D eigenvalue weighted by Gasteiger charge is -2.30. The van der Waals surface area contributed by atoms with Crippen molar-refractivity contribution in [1.82, 2.24) is 5.32 Å². The SMILES string of the molecule is O=C(NCCO)C1CCC(Oc2ccc3c(c2Cl)CCC(c2ccccc2)O3)CC1. The molecule has 1 fully saturated rings. The number of halogens is 1. The Kier molecular flexibility index (Phi) is 6.80. The molecule has 1 amide bonds. The average molecular weight is 430 g/mol. The molecule has 160 valence electrons. The van der Waals surface area contributed by atoms with Crippen molar-refractivity contribution in [1.29, 1.82) is 0 Å². The lowest BCUT2D eigenvalue weighted by Crippen LogP contribution is -2.36. The Labute approximate surface area is 182 Å². The third kappa shape index (κ3) is 4.73. The van der Waals surface area contributed by atoms with Crippen molar-refractivity contribution in [2.45, 2.75) is 50.7 Å². The first-order chi connectivity index (χ1) is 14.7. The number of amides is 1. The summed E-state index contributed by atoms with van der Waals surface area (Å²) in [7, 11) is 0. The van der Waals surface area contributed by atoms with Crippen LogP contribution in [0.5, 0.6) is 11.5 Å². The first-order valence-corrected chi connectivity index (χ1v) is 11.1. The summed E-state index contributed by atoms with van der Waals surface area (Å²) in [4.78, 5) is 12.1. The molecule has 0 spiro atoms. The smallest absolute Gasteiger partial charge is 0.223 e. The van der Waals surface area contributed by atoms with Gasteiger partial charge in [-0.3, -0.25) is 4.79 Å². The third-order valence-corrected chi connectivity index (χ3v) is 6.43. The highest BCUT2D eigenvalue weighted by atomic mass is 35.5. The third-order valence-electron chi connectivity index (χ3n) is 6.01. The molecule has 6 heteroatoms. The van der Waals surface area contributed by atoms with Gasteiger partial charge in [-0.2, -0.15) is 0 Å². The predicted octanol–water partition coefficient (Wildman–Crippen LogP) is 4.45. The molecule has 1 heterocycles. The molecule has 0 saturated heterocycles. The van der Waals surface area contributed by atoms with Crippen LogP contribution in [0, 0.1) is 5.92 Å². The Morgan fingerprint density at radius 2 is 1.87 bits per heavy atom. The summed E-state index contributed by atoms with van der Waals surface area (Å²) in [6.45, 7) is 0.282. The number of ether oxygens (including phenoxy) is 2. The van der Waals surface area contributed by atoms with Gasteiger partial charge in [0, 0.05) is 18.0 Å². The van der Waals surface area contributed by atoms with Crippen LogP contribution < -0.4 is 14.8 Å². The van der Waals surface area contributed by atoms with Crippen molar-refractivity contribution in [3.05, 3.63) is 58.6 Å². The van der Waals surface area contributed by atoms with E-state index in [2.05, 4.69) is 17.4 Å². The number of hydrogen-bond acceptors (Lipinski definition) is 4. The number of carbonyl (C=O) groups excluding carboxylic acids is 1. The molecular formula is C24H28ClNO4. The highest BCUT2D eigenvalue weighted by Gasteiger charge is 2.29. The van der Waals surface area contributed by atoms with Crippen LogP contribution >= 0.6 is 11.6 Å². The molecule has 0 aromatic heterocycles. The minimum absolute atomic E-state index is 0.00118. The van der Waals surface area contributed by atoms with Crippen molar-refractivity contribution in [2.24, 2.45) is 5.92 Å². The first kappa shape index (κ1) is 21.0. The van der Waals surface area contributed by atoms with Gasteiger partial charge in [-0.25, -0.2) is 0 Å². The Bertz CT molecular complexity index is 865. The zero-order chi connectivity index (χ0) is 20.9. The maximum Gasteiger partial charge on any atom is 0.223 e. The van der Waals surface area contributed by atoms with Crippen LogP contribution in [0.25, 0.3) is 0 Å². The van der Waals surface area contributed by atoms with E-state index in [1.807, 2.05) is 30.3 Å². The Morgan fingerprint density at radius 3 is 2.60 bits per heavy atom. The topological polar surface area (TPSA) is 67.8 Å². The lowest BCUT2D eigenvalue weighted by atomic mass is 9.86. The minimum atomic E-state index is -0.0309. The number of aliphatic hydroxyl groups excluding tert-OH is 1. The van der Waals surface area contributed by atoms with E-state index in [-0.39, 0.29) is 30.6 Å². The molecule has 0 bridgehead atoms. The molecule has 1 unspecified atom stereocenters. The number of fused-ring (bicyclic) bond motifs is 1. The molecule has 5 nitrogen and oxygen atoms in total. The molecule has 1 aliphatic heterocycles. The largest absolute Gasteiger partial charge is 0.489 e. The molecule has 4 rings (SSSR count). The van der Waals surface area contributed by atoms with Gasteiger partial charge in [0.15, 0.2) is 0 Å². The Balaban J connectivity index is 1.36. The van der Waals surface area contributed by atoms with E-state index in [1.165, 1.54) is 5.56 Å². The number of benzene rings is 2. The number of hydrogen-bond donors (Lipinski definition) is 2. The Hall–Kier alpha value is -2.24. The van der Waals surface area contributed by atoms with E-state index in [9.17, 15) is 4.79 Å². The fourth-order valence-electron chi connectivity index (χ4n) is 4.35. The van der Waals surface area contributed by atoms with Gasteiger partial charge in [-0.05, 0) is 56.2 Å². The highest BCUT2D eigenvalue weighted by Crippen LogP contribution is 2.43. The standard InChI is InChI=1S/C24H28ClNO4/c25-23-19-10-11-20(16-4-2-1-3-5-16)30-21(19)12-13-22(23)29-18-8-6-17(7-9-18)24(28)26-14-15-27/h1-5,12-13,17-18,20,27H,6-11,14-15H2,(H,26,28). The molecule has 2 N–H and O–H groups in total. The lowest BCUT2D eigenvalue weighted by molar-refractivity contribution is -0.126. The van der Waals surface area contributed by atoms with Crippen LogP contribution in [0.4, 0.5) is 0 Å². The van der Waals surface area contributed by atoms with Crippen LogP contribution in [0.3, 0.4) is 0 Å². The molecule has 2 aliphatic rings. The van der Waals surface area contributed by atoms with E-state index >= 15 is 0 Å². The molecule has 1 aliphatic carbocycles. The highest BCUT2D eigenvalue weighted by molar-refractivity contribution is 6.33. The van der Waals surface area contributed by atoms with Gasteiger partial charge in [0.05, 0.1) is 17.7 Å². The van der Waals surface area contributed by atoms with Gasteiger partial charge in [0.2, 0.25) is 5.91 Å². The van der Waals surface area contributed by atoms with Crippen LogP contribution in [-0.4, -0.2) is 30.3 Å². The van der Waals surface area contributed by atoms with Gasteiger partial charge in [-0.15, -0.1) is 0 Å². The molecule has 0 radical (unpaired) electrons. The van der Waals surface area contributed by atoms with Crippen molar-refractivity contribution < 1.29 is 19.4 Å². The van der Waals surface area contributed by atoms with Crippen LogP contribution in [0.15, 0.2) is 42.5 Å². The summed E-state index contributed by atoms with van der Waals surface area (Å²) in [5.41, 5.74) is 2.19. The molecule has 1 atom stereocenters. The summed E-state index contributed by atoms with van der Waals surface area (Å²) < 4.78 is 12.4. The van der Waals surface area contributed by atoms with Crippen molar-refractivity contribution in [3.63, 3.8) is 0 Å². The van der Waals surface area contributed by atoms with Crippen molar-refractivity contribution in [2.75, 3.05) is 13.2 Å². The van der Waals surface area contributed by atoms with Crippen LogP contribution in [0.1, 0.15) is 49.3 Å². The molecule has 30 heavy (non-hydrogen) atoms. The van der Waals surface area contributed by atoms with E-state index < -0.39 is 0 Å². The van der Waals surface area contributed by atoms with E-state index in [0.29, 0.717) is 17.3 Å². The number of nitrogens with one attached hydrogen (secondary N) is 1. The molecule has 1 saturated carbocycles. The maximum absolute atomic E-state index is 12.1. The molecule has 2 aromatic carbocycles. The number of aliphatic hydroxyl groups is 1. The second-order valence-electron chi connectivity index (χ2n) is 8.02. The molecular weight excluding hydrogens is 402 g/mol. The predicted molar refractivity (Wildman–Crippen MR) is 116 cm³/mol. The molecule has 2 aromatic rings. The van der Waals surface area contributed by atoms with E-state index in [4.69, 9.17) is 26.2 Å². The van der Waals surface area contributed by atoms with Crippen molar-refractivity contribution in [3.8, 4) is 11.5 Å². The fourth-order valence-corrected chi connectivity index (χ4v) is 4.65. The van der Waals surface area contributed by atoms with Gasteiger partial charge in [-0.1, -0.05) is 41.9 Å². The summed E-state index contributed by atoms with van der Waals surface area (Å²) in [5.74, 6) is 1.56. The zero-order valence-corrected chi connectivity index (χ0v) is 17.7. The van der Waals surface area contributed by atoms with E-state index in [0.717, 1.165) is 49.8 Å². The number of carbonyl (C=O) groups is 1. The quantitative estimate of drug-likeness (QED) is 0.711. The van der Waals surface area contributed by atoms with Crippen LogP contribution in [-0.2, 0) is 11.2 Å². The van der Waals surface area contributed by atoms with Gasteiger partial charge in [0.1, 0.15) is 17.6 Å². The fraction of sp³-hybridized carbons (Fsp3) is 0.458. The van der Waals surface area contributed by atoms with Gasteiger partial charge >= 0.3 is 0 Å². The number of rotatable bonds is 6. The summed E-state index contributed by atoms with van der Waals surface area (Å²) in [6, 6.07) is 14.1. The van der Waals surface area contributed by atoms with Crippen LogP contribution in [0.2, 0.25) is 5.02 Å².